The number of thioether (sulfide) groups is 1. The number of amides is 1. The number of halogens is 4. The third-order valence-electron chi connectivity index (χ3n) is 4.42. The van der Waals surface area contributed by atoms with Crippen molar-refractivity contribution in [3.05, 3.63) is 58.4 Å². The van der Waals surface area contributed by atoms with Crippen molar-refractivity contribution < 1.29 is 27.5 Å². The van der Waals surface area contributed by atoms with E-state index in [0.717, 1.165) is 12.8 Å². The topological polar surface area (TPSA) is 55.4 Å². The number of anilines is 1. The smallest absolute Gasteiger partial charge is 0.302 e. The molecule has 31 heavy (non-hydrogen) atoms. The zero-order valence-electron chi connectivity index (χ0n) is 17.3. The number of benzene rings is 2. The Kier molecular flexibility index (Phi) is 9.25. The first-order valence-corrected chi connectivity index (χ1v) is 10.9. The third-order valence-corrected chi connectivity index (χ3v) is 6.31. The maximum atomic E-state index is 13.4. The summed E-state index contributed by atoms with van der Waals surface area (Å²) in [5.41, 5.74) is 0.0381. The summed E-state index contributed by atoms with van der Waals surface area (Å²) in [6.07, 6.45) is 1.60. The Morgan fingerprint density at radius 2 is 1.81 bits per heavy atom. The minimum Gasteiger partial charge on any atom is -0.466 e. The predicted octanol–water partition coefficient (Wildman–Crippen LogP) is 6.47. The normalized spacial score (nSPS) is 12.9. The number of rotatable bonds is 9. The number of hydrogen-bond donors (Lipinski definition) is 1. The Balaban J connectivity index is 2.11. The van der Waals surface area contributed by atoms with E-state index < -0.39 is 23.4 Å². The van der Waals surface area contributed by atoms with Crippen molar-refractivity contribution in [2.24, 2.45) is 5.92 Å². The van der Waals surface area contributed by atoms with Gasteiger partial charge in [0.15, 0.2) is 17.5 Å². The molecule has 0 saturated carbocycles. The van der Waals surface area contributed by atoms with Gasteiger partial charge in [0.05, 0.1) is 11.6 Å². The molecule has 9 heteroatoms. The van der Waals surface area contributed by atoms with Gasteiger partial charge in [0.1, 0.15) is 0 Å². The lowest BCUT2D eigenvalue weighted by Gasteiger charge is -2.20. The molecule has 168 valence electrons. The van der Waals surface area contributed by atoms with Crippen molar-refractivity contribution in [2.45, 2.75) is 43.8 Å². The molecule has 1 amide bonds. The van der Waals surface area contributed by atoms with Crippen molar-refractivity contribution in [2.75, 3.05) is 11.9 Å². The van der Waals surface area contributed by atoms with Crippen molar-refractivity contribution in [1.82, 2.24) is 0 Å². The molecule has 0 aliphatic rings. The number of carbonyl (C=O) groups excluding carboxylic acids is 2. The lowest BCUT2D eigenvalue weighted by Crippen LogP contribution is -2.15. The molecule has 0 aromatic heterocycles. The quantitative estimate of drug-likeness (QED) is 0.257. The summed E-state index contributed by atoms with van der Waals surface area (Å²) < 4.78 is 44.9. The highest BCUT2D eigenvalue weighted by Gasteiger charge is 2.18. The maximum Gasteiger partial charge on any atom is 0.302 e. The van der Waals surface area contributed by atoms with Crippen LogP contribution in [0.2, 0.25) is 5.02 Å². The van der Waals surface area contributed by atoms with Gasteiger partial charge in [-0.15, -0.1) is 11.8 Å². The fourth-order valence-electron chi connectivity index (χ4n) is 2.82. The van der Waals surface area contributed by atoms with Crippen molar-refractivity contribution in [3.63, 3.8) is 0 Å². The number of ether oxygens (including phenoxy) is 1. The standard InChI is InChI=1S/C22H23ClF3NO3S/c1-4-16(7-12(2)11-30-13(3)28)31-20-8-14(5-6-17(20)23)22(29)27-15-9-18(24)21(26)19(25)10-15/h5-6,8-10,12,16H,4,7,11H2,1-3H3,(H,27,29). The molecule has 0 radical (unpaired) electrons. The number of esters is 1. The molecular weight excluding hydrogens is 451 g/mol. The SMILES string of the molecule is CCC(CC(C)COC(C)=O)Sc1cc(C(=O)Nc2cc(F)c(F)c(F)c2)ccc1Cl. The van der Waals surface area contributed by atoms with Gasteiger partial charge in [-0.1, -0.05) is 25.4 Å². The van der Waals surface area contributed by atoms with Gasteiger partial charge < -0.3 is 10.1 Å². The van der Waals surface area contributed by atoms with Crippen LogP contribution in [0.15, 0.2) is 35.2 Å². The van der Waals surface area contributed by atoms with Crippen LogP contribution in [0, 0.1) is 23.4 Å². The summed E-state index contributed by atoms with van der Waals surface area (Å²) in [6.45, 7) is 5.70. The molecular formula is C22H23ClF3NO3S. The fourth-order valence-corrected chi connectivity index (χ4v) is 4.40. The Hall–Kier alpha value is -2.19. The summed E-state index contributed by atoms with van der Waals surface area (Å²) in [7, 11) is 0. The second kappa shape index (κ2) is 11.4. The first-order valence-electron chi connectivity index (χ1n) is 9.66. The number of hydrogen-bond acceptors (Lipinski definition) is 4. The number of nitrogens with one attached hydrogen (secondary N) is 1. The minimum absolute atomic E-state index is 0.148. The van der Waals surface area contributed by atoms with E-state index in [9.17, 15) is 22.8 Å². The molecule has 0 bridgehead atoms. The van der Waals surface area contributed by atoms with E-state index in [1.807, 2.05) is 13.8 Å². The Bertz CT molecular complexity index is 935. The van der Waals surface area contributed by atoms with Gasteiger partial charge in [0, 0.05) is 40.5 Å². The zero-order chi connectivity index (χ0) is 23.1. The Morgan fingerprint density at radius 1 is 1.16 bits per heavy atom. The number of carbonyl (C=O) groups is 2. The maximum absolute atomic E-state index is 13.4. The van der Waals surface area contributed by atoms with Gasteiger partial charge in [-0.2, -0.15) is 0 Å². The molecule has 0 fully saturated rings. The third kappa shape index (κ3) is 7.47. The zero-order valence-corrected chi connectivity index (χ0v) is 18.9. The summed E-state index contributed by atoms with van der Waals surface area (Å²) in [4.78, 5) is 24.2. The highest BCUT2D eigenvalue weighted by Crippen LogP contribution is 2.35. The first kappa shape index (κ1) is 25.1. The molecule has 2 rings (SSSR count). The van der Waals surface area contributed by atoms with Crippen LogP contribution in [0.4, 0.5) is 18.9 Å². The van der Waals surface area contributed by atoms with Gasteiger partial charge in [0.2, 0.25) is 0 Å². The van der Waals surface area contributed by atoms with Crippen LogP contribution in [0.5, 0.6) is 0 Å². The molecule has 0 heterocycles. The summed E-state index contributed by atoms with van der Waals surface area (Å²) in [6, 6.07) is 6.07. The highest BCUT2D eigenvalue weighted by molar-refractivity contribution is 8.00. The lowest BCUT2D eigenvalue weighted by molar-refractivity contribution is -0.142. The molecule has 2 unspecified atom stereocenters. The van der Waals surface area contributed by atoms with Gasteiger partial charge in [-0.05, 0) is 37.0 Å². The van der Waals surface area contributed by atoms with Crippen molar-refractivity contribution in [1.29, 1.82) is 0 Å². The first-order chi connectivity index (χ1) is 14.6. The molecule has 0 aliphatic heterocycles. The van der Waals surface area contributed by atoms with Crippen LogP contribution in [0.3, 0.4) is 0 Å². The monoisotopic (exact) mass is 473 g/mol. The second-order valence-corrected chi connectivity index (χ2v) is 8.89. The van der Waals surface area contributed by atoms with E-state index >= 15 is 0 Å². The average molecular weight is 474 g/mol. The van der Waals surface area contributed by atoms with Crippen LogP contribution >= 0.6 is 23.4 Å². The predicted molar refractivity (Wildman–Crippen MR) is 116 cm³/mol. The van der Waals surface area contributed by atoms with E-state index in [2.05, 4.69) is 5.32 Å². The van der Waals surface area contributed by atoms with E-state index in [-0.39, 0.29) is 28.4 Å². The van der Waals surface area contributed by atoms with E-state index in [4.69, 9.17) is 16.3 Å². The molecule has 4 nitrogen and oxygen atoms in total. The average Bonchev–Trinajstić information content (AvgIpc) is 2.71. The molecule has 0 spiro atoms. The molecule has 0 aliphatic carbocycles. The van der Waals surface area contributed by atoms with Crippen LogP contribution in [-0.4, -0.2) is 23.7 Å². The molecule has 2 aromatic carbocycles. The largest absolute Gasteiger partial charge is 0.466 e. The van der Waals surface area contributed by atoms with Crippen LogP contribution in [-0.2, 0) is 9.53 Å². The van der Waals surface area contributed by atoms with E-state index in [1.165, 1.54) is 24.8 Å². The van der Waals surface area contributed by atoms with Crippen LogP contribution < -0.4 is 5.32 Å². The van der Waals surface area contributed by atoms with E-state index in [0.29, 0.717) is 28.7 Å². The molecule has 2 atom stereocenters. The lowest BCUT2D eigenvalue weighted by atomic mass is 10.1. The van der Waals surface area contributed by atoms with Crippen molar-refractivity contribution >= 4 is 40.9 Å². The summed E-state index contributed by atoms with van der Waals surface area (Å²) in [5, 5.41) is 2.99. The van der Waals surface area contributed by atoms with Gasteiger partial charge in [-0.3, -0.25) is 9.59 Å². The van der Waals surface area contributed by atoms with Gasteiger partial charge in [0.25, 0.3) is 5.91 Å². The summed E-state index contributed by atoms with van der Waals surface area (Å²) in [5.74, 6) is -5.17. The Labute approximate surface area is 188 Å². The van der Waals surface area contributed by atoms with E-state index in [1.54, 1.807) is 12.1 Å². The highest BCUT2D eigenvalue weighted by atomic mass is 35.5. The van der Waals surface area contributed by atoms with Gasteiger partial charge in [-0.25, -0.2) is 13.2 Å². The Morgan fingerprint density at radius 3 is 2.39 bits per heavy atom. The summed E-state index contributed by atoms with van der Waals surface area (Å²) >= 11 is 7.80. The fraction of sp³-hybridized carbons (Fsp3) is 0.364. The second-order valence-electron chi connectivity index (χ2n) is 7.14. The molecule has 2 aromatic rings. The van der Waals surface area contributed by atoms with Crippen molar-refractivity contribution in [3.8, 4) is 0 Å². The molecule has 0 saturated heterocycles. The molecule has 1 N–H and O–H groups in total. The van der Waals surface area contributed by atoms with Crippen LogP contribution in [0.25, 0.3) is 0 Å². The minimum atomic E-state index is -1.60. The van der Waals surface area contributed by atoms with Crippen LogP contribution in [0.1, 0.15) is 44.0 Å². The van der Waals surface area contributed by atoms with Gasteiger partial charge >= 0.3 is 5.97 Å².